The molecule has 0 unspecified atom stereocenters. The number of aryl methyl sites for hydroxylation is 1. The van der Waals surface area contributed by atoms with E-state index in [2.05, 4.69) is 13.8 Å². The van der Waals surface area contributed by atoms with Crippen LogP contribution in [-0.2, 0) is 7.05 Å². The number of benzene rings is 1. The Labute approximate surface area is 125 Å². The first-order chi connectivity index (χ1) is 9.58. The first kappa shape index (κ1) is 15.1. The highest BCUT2D eigenvalue weighted by atomic mass is 35.5. The molecule has 0 radical (unpaired) electrons. The summed E-state index contributed by atoms with van der Waals surface area (Å²) in [5, 5.41) is 1.72. The monoisotopic (exact) mass is 291 g/mol. The van der Waals surface area contributed by atoms with Crippen LogP contribution >= 0.6 is 11.6 Å². The number of ketones is 1. The van der Waals surface area contributed by atoms with Crippen LogP contribution in [0.15, 0.2) is 24.4 Å². The fourth-order valence-corrected chi connectivity index (χ4v) is 3.04. The van der Waals surface area contributed by atoms with E-state index in [-0.39, 0.29) is 11.7 Å². The fraction of sp³-hybridized carbons (Fsp3) is 0.471. The summed E-state index contributed by atoms with van der Waals surface area (Å²) in [5.41, 5.74) is 1.86. The van der Waals surface area contributed by atoms with E-state index in [0.29, 0.717) is 5.02 Å². The fourth-order valence-electron chi connectivity index (χ4n) is 2.88. The summed E-state index contributed by atoms with van der Waals surface area (Å²) in [7, 11) is 1.96. The predicted molar refractivity (Wildman–Crippen MR) is 85.6 cm³/mol. The van der Waals surface area contributed by atoms with Gasteiger partial charge in [0.1, 0.15) is 0 Å². The number of fused-ring (bicyclic) bond motifs is 1. The molecule has 0 saturated heterocycles. The van der Waals surface area contributed by atoms with Crippen molar-refractivity contribution in [3.05, 3.63) is 35.0 Å². The van der Waals surface area contributed by atoms with Gasteiger partial charge in [-0.2, -0.15) is 0 Å². The third-order valence-electron chi connectivity index (χ3n) is 3.86. The molecule has 2 rings (SSSR count). The maximum Gasteiger partial charge on any atom is 0.168 e. The molecular formula is C17H22ClNO. The second-order valence-electron chi connectivity index (χ2n) is 5.45. The molecule has 108 valence electrons. The van der Waals surface area contributed by atoms with Crippen LogP contribution in [0.1, 0.15) is 49.9 Å². The van der Waals surface area contributed by atoms with Crippen LogP contribution in [0.3, 0.4) is 0 Å². The van der Waals surface area contributed by atoms with E-state index in [9.17, 15) is 4.79 Å². The average molecular weight is 292 g/mol. The second-order valence-corrected chi connectivity index (χ2v) is 5.89. The largest absolute Gasteiger partial charge is 0.350 e. The smallest absolute Gasteiger partial charge is 0.168 e. The number of carbonyl (C=O) groups is 1. The molecule has 0 saturated carbocycles. The van der Waals surface area contributed by atoms with E-state index < -0.39 is 0 Å². The molecule has 0 fully saturated rings. The molecular weight excluding hydrogens is 270 g/mol. The van der Waals surface area contributed by atoms with Gasteiger partial charge in [0, 0.05) is 40.7 Å². The average Bonchev–Trinajstić information content (AvgIpc) is 2.75. The lowest BCUT2D eigenvalue weighted by Gasteiger charge is -2.13. The summed E-state index contributed by atoms with van der Waals surface area (Å²) in [6.07, 6.45) is 5.98. The van der Waals surface area contributed by atoms with Gasteiger partial charge in [-0.25, -0.2) is 0 Å². The van der Waals surface area contributed by atoms with Gasteiger partial charge in [0.25, 0.3) is 0 Å². The van der Waals surface area contributed by atoms with Crippen LogP contribution in [-0.4, -0.2) is 10.4 Å². The van der Waals surface area contributed by atoms with Gasteiger partial charge >= 0.3 is 0 Å². The molecule has 0 amide bonds. The Kier molecular flexibility index (Phi) is 4.87. The number of carbonyl (C=O) groups excluding carboxylic acids is 1. The first-order valence-corrected chi connectivity index (χ1v) is 7.75. The molecule has 0 bridgehead atoms. The highest BCUT2D eigenvalue weighted by molar-refractivity contribution is 6.31. The summed E-state index contributed by atoms with van der Waals surface area (Å²) < 4.78 is 1.99. The number of hydrogen-bond acceptors (Lipinski definition) is 1. The summed E-state index contributed by atoms with van der Waals surface area (Å²) in [5.74, 6) is 0.424. The molecule has 0 aliphatic carbocycles. The maximum atomic E-state index is 12.8. The first-order valence-electron chi connectivity index (χ1n) is 7.37. The number of nitrogens with zero attached hydrogens (tertiary/aromatic N) is 1. The number of aromatic nitrogens is 1. The van der Waals surface area contributed by atoms with Crippen molar-refractivity contribution in [1.82, 2.24) is 4.57 Å². The number of rotatable bonds is 6. The molecule has 0 N–H and O–H groups in total. The Morgan fingerprint density at radius 3 is 2.50 bits per heavy atom. The zero-order valence-corrected chi connectivity index (χ0v) is 13.2. The minimum absolute atomic E-state index is 0.145. The summed E-state index contributed by atoms with van der Waals surface area (Å²) in [6, 6.07) is 5.73. The molecule has 0 atom stereocenters. The van der Waals surface area contributed by atoms with Crippen LogP contribution in [0.2, 0.25) is 5.02 Å². The van der Waals surface area contributed by atoms with Crippen LogP contribution < -0.4 is 0 Å². The van der Waals surface area contributed by atoms with Gasteiger partial charge in [-0.3, -0.25) is 4.79 Å². The van der Waals surface area contributed by atoms with Gasteiger partial charge in [0.15, 0.2) is 5.78 Å². The molecule has 3 heteroatoms. The minimum atomic E-state index is 0.145. The van der Waals surface area contributed by atoms with Crippen molar-refractivity contribution < 1.29 is 4.79 Å². The lowest BCUT2D eigenvalue weighted by Crippen LogP contribution is -2.14. The highest BCUT2D eigenvalue weighted by Gasteiger charge is 2.22. The van der Waals surface area contributed by atoms with E-state index in [1.165, 1.54) is 0 Å². The maximum absolute atomic E-state index is 12.8. The SMILES string of the molecule is CCCC(CCC)C(=O)c1cn(C)c2cc(Cl)ccc12. The van der Waals surface area contributed by atoms with Crippen LogP contribution in [0.4, 0.5) is 0 Å². The molecule has 0 aliphatic rings. The van der Waals surface area contributed by atoms with Crippen molar-refractivity contribution in [1.29, 1.82) is 0 Å². The van der Waals surface area contributed by atoms with Crippen molar-refractivity contribution in [2.45, 2.75) is 39.5 Å². The Morgan fingerprint density at radius 1 is 1.25 bits per heavy atom. The Hall–Kier alpha value is -1.28. The molecule has 0 spiro atoms. The second kappa shape index (κ2) is 6.45. The third kappa shape index (κ3) is 2.90. The van der Waals surface area contributed by atoms with Gasteiger partial charge in [-0.15, -0.1) is 0 Å². The molecule has 2 aromatic rings. The van der Waals surface area contributed by atoms with E-state index >= 15 is 0 Å². The van der Waals surface area contributed by atoms with Crippen LogP contribution in [0.25, 0.3) is 10.9 Å². The van der Waals surface area contributed by atoms with Crippen molar-refractivity contribution in [2.75, 3.05) is 0 Å². The predicted octanol–water partition coefficient (Wildman–Crippen LogP) is 5.23. The molecule has 1 aromatic carbocycles. The van der Waals surface area contributed by atoms with Crippen molar-refractivity contribution in [2.24, 2.45) is 13.0 Å². The highest BCUT2D eigenvalue weighted by Crippen LogP contribution is 2.28. The van der Waals surface area contributed by atoms with Crippen molar-refractivity contribution in [3.63, 3.8) is 0 Å². The lowest BCUT2D eigenvalue weighted by molar-refractivity contribution is 0.0906. The standard InChI is InChI=1S/C17H22ClNO/c1-4-6-12(7-5-2)17(20)15-11-19(3)16-10-13(18)8-9-14(15)16/h8-12H,4-7H2,1-3H3. The summed E-state index contributed by atoms with van der Waals surface area (Å²) in [4.78, 5) is 12.8. The third-order valence-corrected chi connectivity index (χ3v) is 4.10. The zero-order chi connectivity index (χ0) is 14.7. The summed E-state index contributed by atoms with van der Waals surface area (Å²) >= 11 is 6.04. The number of halogens is 1. The molecule has 1 aromatic heterocycles. The van der Waals surface area contributed by atoms with Gasteiger partial charge in [-0.05, 0) is 25.0 Å². The number of hydrogen-bond donors (Lipinski definition) is 0. The minimum Gasteiger partial charge on any atom is -0.350 e. The van der Waals surface area contributed by atoms with E-state index in [4.69, 9.17) is 11.6 Å². The van der Waals surface area contributed by atoms with E-state index in [1.54, 1.807) is 0 Å². The van der Waals surface area contributed by atoms with E-state index in [1.807, 2.05) is 36.0 Å². The van der Waals surface area contributed by atoms with Gasteiger partial charge in [0.05, 0.1) is 0 Å². The Bertz CT molecular complexity index is 609. The van der Waals surface area contributed by atoms with Crippen LogP contribution in [0.5, 0.6) is 0 Å². The lowest BCUT2D eigenvalue weighted by atomic mass is 9.90. The topological polar surface area (TPSA) is 22.0 Å². The Morgan fingerprint density at radius 2 is 1.90 bits per heavy atom. The Balaban J connectivity index is 2.43. The molecule has 20 heavy (non-hydrogen) atoms. The van der Waals surface area contributed by atoms with E-state index in [0.717, 1.165) is 42.1 Å². The van der Waals surface area contributed by atoms with Gasteiger partial charge in [-0.1, -0.05) is 44.4 Å². The quantitative estimate of drug-likeness (QED) is 0.668. The summed E-state index contributed by atoms with van der Waals surface area (Å²) in [6.45, 7) is 4.28. The molecule has 1 heterocycles. The van der Waals surface area contributed by atoms with Crippen molar-refractivity contribution in [3.8, 4) is 0 Å². The molecule has 0 aliphatic heterocycles. The van der Waals surface area contributed by atoms with Crippen molar-refractivity contribution >= 4 is 28.3 Å². The zero-order valence-electron chi connectivity index (χ0n) is 12.4. The van der Waals surface area contributed by atoms with Crippen LogP contribution in [0, 0.1) is 5.92 Å². The van der Waals surface area contributed by atoms with Gasteiger partial charge < -0.3 is 4.57 Å². The number of Topliss-reactive ketones (excluding diaryl/α,β-unsaturated/α-hetero) is 1. The molecule has 2 nitrogen and oxygen atoms in total. The van der Waals surface area contributed by atoms with Gasteiger partial charge in [0.2, 0.25) is 0 Å². The normalized spacial score (nSPS) is 11.4.